The SMILES string of the molecule is CCCCCCC(CC(F)(F)F)S(=O)(=O)CC(=O)c1ccc(C(=O)OC)cc1. The lowest BCUT2D eigenvalue weighted by Gasteiger charge is -2.19. The molecule has 158 valence electrons. The molecule has 1 aromatic carbocycles. The number of benzene rings is 1. The first kappa shape index (κ1) is 24.1. The molecule has 1 atom stereocenters. The van der Waals surface area contributed by atoms with Gasteiger partial charge in [0.1, 0.15) is 5.75 Å². The van der Waals surface area contributed by atoms with Crippen LogP contribution in [0.25, 0.3) is 0 Å². The number of Topliss-reactive ketones (excluding diaryl/α,β-unsaturated/α-hetero) is 1. The average molecular weight is 422 g/mol. The van der Waals surface area contributed by atoms with E-state index in [1.54, 1.807) is 0 Å². The number of carbonyl (C=O) groups excluding carboxylic acids is 2. The number of hydrogen-bond acceptors (Lipinski definition) is 5. The van der Waals surface area contributed by atoms with Crippen LogP contribution in [0, 0.1) is 0 Å². The number of sulfone groups is 1. The van der Waals surface area contributed by atoms with Crippen molar-refractivity contribution in [2.24, 2.45) is 0 Å². The Kier molecular flexibility index (Phi) is 9.13. The molecule has 9 heteroatoms. The molecule has 0 N–H and O–H groups in total. The van der Waals surface area contributed by atoms with Crippen LogP contribution in [0.5, 0.6) is 0 Å². The summed E-state index contributed by atoms with van der Waals surface area (Å²) in [7, 11) is -3.09. The largest absolute Gasteiger partial charge is 0.465 e. The van der Waals surface area contributed by atoms with Gasteiger partial charge in [0.2, 0.25) is 0 Å². The monoisotopic (exact) mass is 422 g/mol. The van der Waals surface area contributed by atoms with Crippen molar-refractivity contribution in [1.29, 1.82) is 0 Å². The quantitative estimate of drug-likeness (QED) is 0.301. The number of ketones is 1. The molecule has 0 bridgehead atoms. The summed E-state index contributed by atoms with van der Waals surface area (Å²) in [6, 6.07) is 5.10. The van der Waals surface area contributed by atoms with E-state index in [2.05, 4.69) is 4.74 Å². The maximum atomic E-state index is 12.8. The number of esters is 1. The van der Waals surface area contributed by atoms with E-state index in [9.17, 15) is 31.2 Å². The average Bonchev–Trinajstić information content (AvgIpc) is 2.62. The van der Waals surface area contributed by atoms with E-state index in [1.807, 2.05) is 6.92 Å². The lowest BCUT2D eigenvalue weighted by molar-refractivity contribution is -0.134. The third-order valence-corrected chi connectivity index (χ3v) is 6.39. The van der Waals surface area contributed by atoms with Crippen LogP contribution < -0.4 is 0 Å². The Morgan fingerprint density at radius 1 is 1.04 bits per heavy atom. The van der Waals surface area contributed by atoms with E-state index >= 15 is 0 Å². The van der Waals surface area contributed by atoms with Gasteiger partial charge >= 0.3 is 12.1 Å². The third kappa shape index (κ3) is 8.00. The fourth-order valence-corrected chi connectivity index (χ4v) is 4.50. The molecule has 0 amide bonds. The first-order chi connectivity index (χ1) is 13.0. The van der Waals surface area contributed by atoms with E-state index in [1.165, 1.54) is 31.4 Å². The molecule has 1 rings (SSSR count). The molecule has 5 nitrogen and oxygen atoms in total. The minimum absolute atomic E-state index is 0.00738. The molecule has 1 unspecified atom stereocenters. The zero-order valence-corrected chi connectivity index (χ0v) is 16.7. The van der Waals surface area contributed by atoms with E-state index in [4.69, 9.17) is 0 Å². The Labute approximate surface area is 163 Å². The summed E-state index contributed by atoms with van der Waals surface area (Å²) in [5.74, 6) is -2.43. The molecule has 0 aliphatic carbocycles. The van der Waals surface area contributed by atoms with Crippen LogP contribution in [0.2, 0.25) is 0 Å². The minimum Gasteiger partial charge on any atom is -0.465 e. The van der Waals surface area contributed by atoms with Gasteiger partial charge in [0.25, 0.3) is 0 Å². The maximum absolute atomic E-state index is 12.8. The molecule has 0 saturated heterocycles. The van der Waals surface area contributed by atoms with Gasteiger partial charge in [-0.05, 0) is 18.6 Å². The van der Waals surface area contributed by atoms with Crippen LogP contribution >= 0.6 is 0 Å². The van der Waals surface area contributed by atoms with Gasteiger partial charge in [0.15, 0.2) is 15.6 Å². The van der Waals surface area contributed by atoms with Gasteiger partial charge in [0, 0.05) is 5.56 Å². The van der Waals surface area contributed by atoms with Gasteiger partial charge in [-0.3, -0.25) is 4.79 Å². The van der Waals surface area contributed by atoms with Crippen LogP contribution in [-0.4, -0.2) is 44.5 Å². The molecule has 0 aliphatic heterocycles. The third-order valence-electron chi connectivity index (χ3n) is 4.31. The first-order valence-electron chi connectivity index (χ1n) is 9.00. The second-order valence-electron chi connectivity index (χ2n) is 6.59. The highest BCUT2D eigenvalue weighted by atomic mass is 32.2. The molecular weight excluding hydrogens is 397 g/mol. The number of alkyl halides is 3. The Bertz CT molecular complexity index is 755. The van der Waals surface area contributed by atoms with Gasteiger partial charge in [-0.25, -0.2) is 13.2 Å². The lowest BCUT2D eigenvalue weighted by Crippen LogP contribution is -2.32. The summed E-state index contributed by atoms with van der Waals surface area (Å²) < 4.78 is 68.0. The second kappa shape index (κ2) is 10.6. The van der Waals surface area contributed by atoms with Crippen molar-refractivity contribution < 1.29 is 35.9 Å². The fraction of sp³-hybridized carbons (Fsp3) is 0.579. The lowest BCUT2D eigenvalue weighted by atomic mass is 10.1. The molecular formula is C19H25F3O5S. The van der Waals surface area contributed by atoms with Crippen molar-refractivity contribution in [3.05, 3.63) is 35.4 Å². The van der Waals surface area contributed by atoms with Crippen LogP contribution in [0.15, 0.2) is 24.3 Å². The zero-order valence-electron chi connectivity index (χ0n) is 15.9. The Morgan fingerprint density at radius 3 is 2.11 bits per heavy atom. The smallest absolute Gasteiger partial charge is 0.390 e. The number of rotatable bonds is 11. The van der Waals surface area contributed by atoms with E-state index in [0.29, 0.717) is 12.8 Å². The van der Waals surface area contributed by atoms with Crippen molar-refractivity contribution in [1.82, 2.24) is 0 Å². The summed E-state index contributed by atoms with van der Waals surface area (Å²) in [5.41, 5.74) is 0.181. The Balaban J connectivity index is 2.90. The topological polar surface area (TPSA) is 77.5 Å². The summed E-state index contributed by atoms with van der Waals surface area (Å²) in [6.07, 6.45) is -3.54. The zero-order chi connectivity index (χ0) is 21.4. The Morgan fingerprint density at radius 2 is 1.61 bits per heavy atom. The fourth-order valence-electron chi connectivity index (χ4n) is 2.76. The number of halogens is 3. The van der Waals surface area contributed by atoms with Gasteiger partial charge in [-0.15, -0.1) is 0 Å². The molecule has 0 aliphatic rings. The van der Waals surface area contributed by atoms with Crippen LogP contribution in [0.1, 0.15) is 66.2 Å². The molecule has 0 fully saturated rings. The van der Waals surface area contributed by atoms with Crippen LogP contribution in [-0.2, 0) is 14.6 Å². The molecule has 0 radical (unpaired) electrons. The summed E-state index contributed by atoms with van der Waals surface area (Å²) in [5, 5.41) is -1.64. The van der Waals surface area contributed by atoms with E-state index in [-0.39, 0.29) is 17.5 Å². The highest BCUT2D eigenvalue weighted by Gasteiger charge is 2.38. The first-order valence-corrected chi connectivity index (χ1v) is 10.7. The standard InChI is InChI=1S/C19H25F3O5S/c1-3-4-5-6-7-16(12-19(20,21)22)28(25,26)13-17(23)14-8-10-15(11-9-14)18(24)27-2/h8-11,16H,3-7,12-13H2,1-2H3. The summed E-state index contributed by atoms with van der Waals surface area (Å²) in [6.45, 7) is 1.94. The highest BCUT2D eigenvalue weighted by Crippen LogP contribution is 2.28. The van der Waals surface area contributed by atoms with Gasteiger partial charge in [-0.1, -0.05) is 44.7 Å². The van der Waals surface area contributed by atoms with Gasteiger partial charge < -0.3 is 4.74 Å². The van der Waals surface area contributed by atoms with E-state index < -0.39 is 45.2 Å². The van der Waals surface area contributed by atoms with E-state index in [0.717, 1.165) is 12.8 Å². The molecule has 28 heavy (non-hydrogen) atoms. The number of unbranched alkanes of at least 4 members (excludes halogenated alkanes) is 3. The molecule has 1 aromatic rings. The van der Waals surface area contributed by atoms with Crippen molar-refractivity contribution in [3.63, 3.8) is 0 Å². The molecule has 0 saturated carbocycles. The predicted molar refractivity (Wildman–Crippen MR) is 99.1 cm³/mol. The number of methoxy groups -OCH3 is 1. The molecule has 0 heterocycles. The normalized spacial score (nSPS) is 13.2. The van der Waals surface area contributed by atoms with Gasteiger partial charge in [0.05, 0.1) is 24.3 Å². The molecule has 0 aromatic heterocycles. The summed E-state index contributed by atoms with van der Waals surface area (Å²) in [4.78, 5) is 23.7. The van der Waals surface area contributed by atoms with Crippen molar-refractivity contribution in [3.8, 4) is 0 Å². The number of carbonyl (C=O) groups is 2. The predicted octanol–water partition coefficient (Wildman–Crippen LogP) is 4.36. The van der Waals surface area contributed by atoms with Crippen LogP contribution in [0.3, 0.4) is 0 Å². The van der Waals surface area contributed by atoms with Crippen LogP contribution in [0.4, 0.5) is 13.2 Å². The van der Waals surface area contributed by atoms with Crippen molar-refractivity contribution >= 4 is 21.6 Å². The van der Waals surface area contributed by atoms with Gasteiger partial charge in [-0.2, -0.15) is 13.2 Å². The maximum Gasteiger partial charge on any atom is 0.390 e. The Hall–Kier alpha value is -1.90. The molecule has 0 spiro atoms. The number of hydrogen-bond donors (Lipinski definition) is 0. The summed E-state index contributed by atoms with van der Waals surface area (Å²) >= 11 is 0. The van der Waals surface area contributed by atoms with Crippen molar-refractivity contribution in [2.45, 2.75) is 56.9 Å². The number of ether oxygens (including phenoxy) is 1. The minimum atomic E-state index is -4.63. The highest BCUT2D eigenvalue weighted by molar-refractivity contribution is 7.92. The van der Waals surface area contributed by atoms with Crippen molar-refractivity contribution in [2.75, 3.05) is 12.9 Å². The second-order valence-corrected chi connectivity index (χ2v) is 8.87.